The number of rotatable bonds is 7. The van der Waals surface area contributed by atoms with Crippen molar-refractivity contribution in [2.24, 2.45) is 0 Å². The molecule has 0 spiro atoms. The van der Waals surface area contributed by atoms with E-state index in [4.69, 9.17) is 23.2 Å². The van der Waals surface area contributed by atoms with Crippen LogP contribution in [0.2, 0.25) is 10.0 Å². The van der Waals surface area contributed by atoms with Gasteiger partial charge in [0.1, 0.15) is 0 Å². The molecule has 200 valence electrons. The Hall–Kier alpha value is -1.79. The maximum absolute atomic E-state index is 13.3. The molecule has 2 atom stereocenters. The molecule has 2 saturated heterocycles. The van der Waals surface area contributed by atoms with Gasteiger partial charge in [0.15, 0.2) is 0 Å². The highest BCUT2D eigenvalue weighted by molar-refractivity contribution is 6.42. The van der Waals surface area contributed by atoms with Crippen LogP contribution in [0.15, 0.2) is 42.5 Å². The average molecular weight is 565 g/mol. The lowest BCUT2D eigenvalue weighted by molar-refractivity contribution is -0.136. The van der Waals surface area contributed by atoms with E-state index >= 15 is 0 Å². The zero-order chi connectivity index (χ0) is 25.2. The van der Waals surface area contributed by atoms with Crippen LogP contribution in [-0.2, 0) is 4.79 Å². The van der Waals surface area contributed by atoms with Crippen LogP contribution in [0.1, 0.15) is 78.9 Å². The number of piperidine rings is 2. The van der Waals surface area contributed by atoms with Gasteiger partial charge in [0, 0.05) is 50.1 Å². The van der Waals surface area contributed by atoms with Gasteiger partial charge < -0.3 is 14.7 Å². The van der Waals surface area contributed by atoms with Gasteiger partial charge in [-0.05, 0) is 74.9 Å². The van der Waals surface area contributed by atoms with Crippen LogP contribution < -0.4 is 0 Å². The minimum atomic E-state index is -0.0283. The molecular weight excluding hydrogens is 529 g/mol. The lowest BCUT2D eigenvalue weighted by atomic mass is 9.84. The largest absolute Gasteiger partial charge is 0.340 e. The maximum atomic E-state index is 13.3. The second kappa shape index (κ2) is 12.4. The van der Waals surface area contributed by atoms with E-state index in [9.17, 15) is 9.59 Å². The van der Waals surface area contributed by atoms with Gasteiger partial charge in [-0.2, -0.15) is 0 Å². The molecule has 5 nitrogen and oxygen atoms in total. The molecule has 2 amide bonds. The topological polar surface area (TPSA) is 43.9 Å². The third-order valence-electron chi connectivity index (χ3n) is 8.31. The molecule has 2 aromatic rings. The Kier molecular flexibility index (Phi) is 9.44. The van der Waals surface area contributed by atoms with Crippen molar-refractivity contribution < 1.29 is 9.59 Å². The fourth-order valence-electron chi connectivity index (χ4n) is 6.41. The average Bonchev–Trinajstić information content (AvgIpc) is 3.18. The molecule has 3 heterocycles. The first-order chi connectivity index (χ1) is 17.5. The molecule has 0 aliphatic carbocycles. The van der Waals surface area contributed by atoms with E-state index in [1.54, 1.807) is 0 Å². The second-order valence-electron chi connectivity index (χ2n) is 10.3. The Bertz CT molecular complexity index is 1120. The van der Waals surface area contributed by atoms with Crippen molar-refractivity contribution in [2.75, 3.05) is 32.7 Å². The van der Waals surface area contributed by atoms with Crippen LogP contribution in [0, 0.1) is 0 Å². The number of nitrogens with zero attached hydrogens (tertiary/aromatic N) is 3. The fourth-order valence-corrected chi connectivity index (χ4v) is 6.72. The zero-order valence-electron chi connectivity index (χ0n) is 21.4. The quantitative estimate of drug-likeness (QED) is 0.381. The molecule has 8 heteroatoms. The van der Waals surface area contributed by atoms with E-state index in [-0.39, 0.29) is 30.3 Å². The van der Waals surface area contributed by atoms with Crippen molar-refractivity contribution in [3.8, 4) is 0 Å². The Balaban J connectivity index is 0.00000320. The Labute approximate surface area is 236 Å². The van der Waals surface area contributed by atoms with Crippen molar-refractivity contribution in [1.29, 1.82) is 0 Å². The smallest absolute Gasteiger partial charge is 0.254 e. The lowest BCUT2D eigenvalue weighted by Gasteiger charge is -2.41. The summed E-state index contributed by atoms with van der Waals surface area (Å²) in [5.41, 5.74) is 3.02. The van der Waals surface area contributed by atoms with Crippen molar-refractivity contribution in [2.45, 2.75) is 63.5 Å². The molecule has 37 heavy (non-hydrogen) atoms. The number of halogens is 3. The molecule has 0 saturated carbocycles. The van der Waals surface area contributed by atoms with Gasteiger partial charge in [-0.15, -0.1) is 12.4 Å². The van der Waals surface area contributed by atoms with E-state index in [1.165, 1.54) is 0 Å². The Morgan fingerprint density at radius 1 is 0.973 bits per heavy atom. The monoisotopic (exact) mass is 563 g/mol. The zero-order valence-corrected chi connectivity index (χ0v) is 23.7. The summed E-state index contributed by atoms with van der Waals surface area (Å²) >= 11 is 12.7. The first-order valence-corrected chi connectivity index (χ1v) is 14.1. The third-order valence-corrected chi connectivity index (χ3v) is 9.05. The van der Waals surface area contributed by atoms with E-state index in [2.05, 4.69) is 28.9 Å². The molecule has 0 aromatic heterocycles. The van der Waals surface area contributed by atoms with Gasteiger partial charge in [-0.3, -0.25) is 9.59 Å². The second-order valence-corrected chi connectivity index (χ2v) is 11.1. The van der Waals surface area contributed by atoms with E-state index < -0.39 is 0 Å². The molecule has 5 rings (SSSR count). The number of fused-ring (bicyclic) bond motifs is 1. The van der Waals surface area contributed by atoms with Crippen molar-refractivity contribution in [1.82, 2.24) is 14.7 Å². The molecular formula is C29H36Cl3N3O2. The van der Waals surface area contributed by atoms with Crippen LogP contribution in [0.4, 0.5) is 0 Å². The minimum absolute atomic E-state index is 0. The van der Waals surface area contributed by atoms with Crippen LogP contribution in [0.25, 0.3) is 0 Å². The summed E-state index contributed by atoms with van der Waals surface area (Å²) in [6.07, 6.45) is 5.86. The lowest BCUT2D eigenvalue weighted by Crippen LogP contribution is -2.49. The molecule has 0 N–H and O–H groups in total. The highest BCUT2D eigenvalue weighted by Gasteiger charge is 2.41. The maximum Gasteiger partial charge on any atom is 0.254 e. The van der Waals surface area contributed by atoms with Gasteiger partial charge in [0.2, 0.25) is 5.91 Å². The number of hydrogen-bond donors (Lipinski definition) is 0. The molecule has 2 unspecified atom stereocenters. The number of likely N-dealkylation sites (N-methyl/N-ethyl adjacent to an activating group) is 1. The number of benzene rings is 2. The van der Waals surface area contributed by atoms with E-state index in [0.29, 0.717) is 35.0 Å². The summed E-state index contributed by atoms with van der Waals surface area (Å²) in [6, 6.07) is 14.3. The van der Waals surface area contributed by atoms with Gasteiger partial charge in [0.05, 0.1) is 16.1 Å². The Morgan fingerprint density at radius 3 is 2.43 bits per heavy atom. The predicted molar refractivity (Wildman–Crippen MR) is 152 cm³/mol. The molecule has 3 aliphatic heterocycles. The summed E-state index contributed by atoms with van der Waals surface area (Å²) in [5, 5.41) is 1.09. The highest BCUT2D eigenvalue weighted by atomic mass is 35.5. The summed E-state index contributed by atoms with van der Waals surface area (Å²) in [5.74, 6) is 0.549. The standard InChI is InChI=1S/C29H35Cl2N3O2.ClH/c1-2-33-28(23-7-3-4-8-24(23)29(33)36)22(20-10-11-25(30)26(31)19-20)14-18-32-16-12-21(13-17-32)34-15-6-5-9-27(34)35;/h3-4,7-8,10-11,19,21-22,28H,2,5-6,9,12-18H2,1H3;1H. The highest BCUT2D eigenvalue weighted by Crippen LogP contribution is 2.45. The van der Waals surface area contributed by atoms with Crippen LogP contribution in [0.3, 0.4) is 0 Å². The third kappa shape index (κ3) is 5.80. The van der Waals surface area contributed by atoms with E-state index in [1.807, 2.05) is 35.2 Å². The molecule has 2 aromatic carbocycles. The van der Waals surface area contributed by atoms with Crippen LogP contribution in [0.5, 0.6) is 0 Å². The van der Waals surface area contributed by atoms with Crippen LogP contribution >= 0.6 is 35.6 Å². The molecule has 0 bridgehead atoms. The van der Waals surface area contributed by atoms with Gasteiger partial charge >= 0.3 is 0 Å². The molecule has 3 aliphatic rings. The van der Waals surface area contributed by atoms with E-state index in [0.717, 1.165) is 75.0 Å². The summed E-state index contributed by atoms with van der Waals surface area (Å²) in [6.45, 7) is 6.57. The number of carbonyl (C=O) groups is 2. The van der Waals surface area contributed by atoms with Crippen molar-refractivity contribution in [3.05, 3.63) is 69.2 Å². The number of hydrogen-bond acceptors (Lipinski definition) is 3. The number of amides is 2. The fraction of sp³-hybridized carbons (Fsp3) is 0.517. The number of likely N-dealkylation sites (tertiary alicyclic amines) is 2. The molecule has 0 radical (unpaired) electrons. The summed E-state index contributed by atoms with van der Waals surface area (Å²) in [7, 11) is 0. The van der Waals surface area contributed by atoms with Crippen molar-refractivity contribution >= 4 is 47.4 Å². The normalized spacial score (nSPS) is 21.6. The van der Waals surface area contributed by atoms with Gasteiger partial charge in [-0.1, -0.05) is 47.5 Å². The first-order valence-electron chi connectivity index (χ1n) is 13.3. The SMILES string of the molecule is CCN1C(=O)c2ccccc2C1C(CCN1CCC(N2CCCCC2=O)CC1)c1ccc(Cl)c(Cl)c1.Cl. The Morgan fingerprint density at radius 2 is 1.73 bits per heavy atom. The summed E-state index contributed by atoms with van der Waals surface area (Å²) < 4.78 is 0. The molecule has 2 fully saturated rings. The van der Waals surface area contributed by atoms with Crippen molar-refractivity contribution in [3.63, 3.8) is 0 Å². The number of carbonyl (C=O) groups excluding carboxylic acids is 2. The minimum Gasteiger partial charge on any atom is -0.340 e. The van der Waals surface area contributed by atoms with Gasteiger partial charge in [-0.25, -0.2) is 0 Å². The van der Waals surface area contributed by atoms with Gasteiger partial charge in [0.25, 0.3) is 5.91 Å². The van der Waals surface area contributed by atoms with Crippen LogP contribution in [-0.4, -0.2) is 65.3 Å². The predicted octanol–water partition coefficient (Wildman–Crippen LogP) is 6.58. The first kappa shape index (κ1) is 28.2. The summed E-state index contributed by atoms with van der Waals surface area (Å²) in [4.78, 5) is 32.3.